The smallest absolute Gasteiger partial charge is 0.356 e. The van der Waals surface area contributed by atoms with E-state index in [0.717, 1.165) is 12.1 Å². The number of hydrogen-bond acceptors (Lipinski definition) is 5. The number of rotatable bonds is 6. The minimum atomic E-state index is -5.17. The summed E-state index contributed by atoms with van der Waals surface area (Å²) < 4.78 is 151. The van der Waals surface area contributed by atoms with Gasteiger partial charge in [0.15, 0.2) is 0 Å². The van der Waals surface area contributed by atoms with E-state index >= 15 is 0 Å². The van der Waals surface area contributed by atoms with E-state index < -0.39 is 82.8 Å². The second kappa shape index (κ2) is 9.76. The number of alkyl halides is 11. The van der Waals surface area contributed by atoms with E-state index in [4.69, 9.17) is 9.78 Å². The molecule has 0 fully saturated rings. The standard InChI is InChI=1S/C22H13F11N4O/c1-19(23,24)10-37(15-3-2-11(8-34)16(7-15)22(31,32)33)9-17-35-18(36-38-17)12-4-13(20(25,26)27)6-14(5-12)21(28,29)30/h2-7H,9-10H2,1H3. The number of nitrogens with zero attached hydrogens (tertiary/aromatic N) is 4. The Morgan fingerprint density at radius 3 is 1.89 bits per heavy atom. The van der Waals surface area contributed by atoms with E-state index in [2.05, 4.69) is 10.1 Å². The van der Waals surface area contributed by atoms with E-state index in [1.165, 1.54) is 6.07 Å². The van der Waals surface area contributed by atoms with Crippen molar-refractivity contribution in [2.24, 2.45) is 0 Å². The number of benzene rings is 2. The maximum absolute atomic E-state index is 13.8. The van der Waals surface area contributed by atoms with Crippen molar-refractivity contribution in [3.05, 3.63) is 64.5 Å². The SMILES string of the molecule is CC(F)(F)CN(Cc1nc(-c2cc(C(F)(F)F)cc(C(F)(F)F)c2)no1)c1ccc(C#N)c(C(F)(F)F)c1. The molecule has 0 aliphatic heterocycles. The van der Waals surface area contributed by atoms with Crippen LogP contribution in [0.5, 0.6) is 0 Å². The topological polar surface area (TPSA) is 66.0 Å². The highest BCUT2D eigenvalue weighted by molar-refractivity contribution is 5.59. The number of anilines is 1. The summed E-state index contributed by atoms with van der Waals surface area (Å²) in [6, 6.07) is 3.97. The molecule has 1 aromatic heterocycles. The van der Waals surface area contributed by atoms with Gasteiger partial charge in [0.05, 0.1) is 41.4 Å². The minimum Gasteiger partial charge on any atom is -0.356 e. The minimum absolute atomic E-state index is 0.126. The molecule has 16 heteroatoms. The van der Waals surface area contributed by atoms with Gasteiger partial charge in [-0.25, -0.2) is 8.78 Å². The van der Waals surface area contributed by atoms with Crippen LogP contribution in [0.1, 0.15) is 35.1 Å². The predicted octanol–water partition coefficient (Wildman–Crippen LogP) is 7.33. The van der Waals surface area contributed by atoms with Crippen LogP contribution < -0.4 is 4.90 Å². The maximum Gasteiger partial charge on any atom is 0.417 e. The third kappa shape index (κ3) is 6.90. The lowest BCUT2D eigenvalue weighted by atomic mass is 10.0. The zero-order valence-corrected chi connectivity index (χ0v) is 18.7. The van der Waals surface area contributed by atoms with Crippen molar-refractivity contribution < 1.29 is 52.8 Å². The number of nitriles is 1. The van der Waals surface area contributed by atoms with Gasteiger partial charge < -0.3 is 9.42 Å². The Bertz CT molecular complexity index is 1310. The molecule has 0 N–H and O–H groups in total. The fourth-order valence-corrected chi connectivity index (χ4v) is 3.32. The van der Waals surface area contributed by atoms with Crippen molar-refractivity contribution in [1.29, 1.82) is 5.26 Å². The van der Waals surface area contributed by atoms with E-state index in [0.29, 0.717) is 30.0 Å². The predicted molar refractivity (Wildman–Crippen MR) is 108 cm³/mol. The summed E-state index contributed by atoms with van der Waals surface area (Å²) in [5, 5.41) is 12.2. The summed E-state index contributed by atoms with van der Waals surface area (Å²) in [6.45, 7) is -1.55. The van der Waals surface area contributed by atoms with E-state index in [1.54, 1.807) is 0 Å². The van der Waals surface area contributed by atoms with Gasteiger partial charge in [-0.3, -0.25) is 0 Å². The monoisotopic (exact) mass is 558 g/mol. The van der Waals surface area contributed by atoms with E-state index in [9.17, 15) is 48.3 Å². The van der Waals surface area contributed by atoms with Crippen LogP contribution in [-0.2, 0) is 25.1 Å². The molecule has 0 aliphatic carbocycles. The molecule has 204 valence electrons. The first-order valence-corrected chi connectivity index (χ1v) is 10.1. The van der Waals surface area contributed by atoms with E-state index in [1.807, 2.05) is 0 Å². The molecule has 2 aromatic carbocycles. The molecule has 1 heterocycles. The molecule has 0 saturated heterocycles. The number of hydrogen-bond donors (Lipinski definition) is 0. The molecule has 0 spiro atoms. The highest BCUT2D eigenvalue weighted by Crippen LogP contribution is 2.39. The van der Waals surface area contributed by atoms with Gasteiger partial charge in [0, 0.05) is 18.2 Å². The number of aromatic nitrogens is 2. The molecule has 0 radical (unpaired) electrons. The second-order valence-corrected chi connectivity index (χ2v) is 8.07. The Labute approximate surface area is 206 Å². The van der Waals surface area contributed by atoms with Crippen molar-refractivity contribution >= 4 is 5.69 Å². The molecular weight excluding hydrogens is 545 g/mol. The van der Waals surface area contributed by atoms with Gasteiger partial charge in [-0.05, 0) is 36.4 Å². The third-order valence-corrected chi connectivity index (χ3v) is 4.90. The van der Waals surface area contributed by atoms with Crippen LogP contribution in [0, 0.1) is 11.3 Å². The van der Waals surface area contributed by atoms with Crippen molar-refractivity contribution in [3.8, 4) is 17.5 Å². The van der Waals surface area contributed by atoms with Crippen molar-refractivity contribution in [3.63, 3.8) is 0 Å². The molecule has 3 aromatic rings. The normalized spacial score (nSPS) is 12.9. The average molecular weight is 558 g/mol. The molecule has 5 nitrogen and oxygen atoms in total. The molecule has 0 atom stereocenters. The third-order valence-electron chi connectivity index (χ3n) is 4.90. The van der Waals surface area contributed by atoms with Crippen molar-refractivity contribution in [1.82, 2.24) is 10.1 Å². The van der Waals surface area contributed by atoms with Gasteiger partial charge in [0.25, 0.3) is 5.92 Å². The summed E-state index contributed by atoms with van der Waals surface area (Å²) in [6.07, 6.45) is -15.4. The fourth-order valence-electron chi connectivity index (χ4n) is 3.32. The highest BCUT2D eigenvalue weighted by atomic mass is 19.4. The zero-order valence-electron chi connectivity index (χ0n) is 18.7. The average Bonchev–Trinajstić information content (AvgIpc) is 3.24. The summed E-state index contributed by atoms with van der Waals surface area (Å²) in [5.74, 6) is -4.85. The Morgan fingerprint density at radius 1 is 0.842 bits per heavy atom. The van der Waals surface area contributed by atoms with Gasteiger partial charge in [0.1, 0.15) is 0 Å². The van der Waals surface area contributed by atoms with Crippen LogP contribution in [0.25, 0.3) is 11.4 Å². The van der Waals surface area contributed by atoms with E-state index in [-0.39, 0.29) is 6.07 Å². The van der Waals surface area contributed by atoms with Crippen molar-refractivity contribution in [2.45, 2.75) is 37.9 Å². The molecule has 0 saturated carbocycles. The van der Waals surface area contributed by atoms with Gasteiger partial charge in [-0.1, -0.05) is 5.16 Å². The van der Waals surface area contributed by atoms with Gasteiger partial charge in [-0.15, -0.1) is 0 Å². The fraction of sp³-hybridized carbons (Fsp3) is 0.318. The molecule has 3 rings (SSSR count). The van der Waals surface area contributed by atoms with Crippen LogP contribution in [0.15, 0.2) is 40.9 Å². The van der Waals surface area contributed by atoms with Crippen molar-refractivity contribution in [2.75, 3.05) is 11.4 Å². The van der Waals surface area contributed by atoms with Gasteiger partial charge in [-0.2, -0.15) is 49.8 Å². The van der Waals surface area contributed by atoms with Gasteiger partial charge in [0.2, 0.25) is 11.7 Å². The van der Waals surface area contributed by atoms with Crippen LogP contribution in [0.3, 0.4) is 0 Å². The summed E-state index contributed by atoms with van der Waals surface area (Å²) in [4.78, 5) is 4.32. The van der Waals surface area contributed by atoms with Crippen LogP contribution in [0.2, 0.25) is 0 Å². The second-order valence-electron chi connectivity index (χ2n) is 8.07. The Morgan fingerprint density at radius 2 is 1.42 bits per heavy atom. The Hall–Kier alpha value is -3.90. The van der Waals surface area contributed by atoms with Crippen LogP contribution in [-0.4, -0.2) is 22.6 Å². The molecule has 0 amide bonds. The first-order valence-electron chi connectivity index (χ1n) is 10.1. The molecule has 0 bridgehead atoms. The highest BCUT2D eigenvalue weighted by Gasteiger charge is 2.38. The first kappa shape index (κ1) is 28.7. The first-order chi connectivity index (χ1) is 17.3. The Kier molecular flexibility index (Phi) is 7.37. The summed E-state index contributed by atoms with van der Waals surface area (Å²) in [7, 11) is 0. The molecular formula is C22H13F11N4O. The quantitative estimate of drug-likeness (QED) is 0.297. The molecule has 38 heavy (non-hydrogen) atoms. The zero-order chi connectivity index (χ0) is 28.7. The van der Waals surface area contributed by atoms with Crippen LogP contribution in [0.4, 0.5) is 54.0 Å². The molecule has 0 unspecified atom stereocenters. The largest absolute Gasteiger partial charge is 0.417 e. The van der Waals surface area contributed by atoms with Gasteiger partial charge >= 0.3 is 18.5 Å². The number of halogens is 11. The lowest BCUT2D eigenvalue weighted by Crippen LogP contribution is -2.35. The lowest BCUT2D eigenvalue weighted by Gasteiger charge is -2.27. The summed E-state index contributed by atoms with van der Waals surface area (Å²) in [5.41, 5.74) is -6.74. The Balaban J connectivity index is 2.03. The molecule has 0 aliphatic rings. The van der Waals surface area contributed by atoms with Crippen LogP contribution >= 0.6 is 0 Å². The lowest BCUT2D eigenvalue weighted by molar-refractivity contribution is -0.143. The maximum atomic E-state index is 13.8. The summed E-state index contributed by atoms with van der Waals surface area (Å²) >= 11 is 0.